The van der Waals surface area contributed by atoms with Gasteiger partial charge >= 0.3 is 17.9 Å². The van der Waals surface area contributed by atoms with Crippen molar-refractivity contribution in [2.24, 2.45) is 5.92 Å². The average molecular weight is 398 g/mol. The van der Waals surface area contributed by atoms with Crippen LogP contribution in [0.4, 0.5) is 4.79 Å². The summed E-state index contributed by atoms with van der Waals surface area (Å²) in [6.07, 6.45) is -0.160. The molecule has 4 amide bonds. The normalized spacial score (nSPS) is 18.6. The zero-order valence-electron chi connectivity index (χ0n) is 16.8. The van der Waals surface area contributed by atoms with E-state index >= 15 is 0 Å². The fourth-order valence-corrected chi connectivity index (χ4v) is 3.28. The number of piperazine rings is 1. The average Bonchev–Trinajstić information content (AvgIpc) is 2.72. The van der Waals surface area contributed by atoms with Crippen molar-refractivity contribution in [2.45, 2.75) is 26.3 Å². The minimum absolute atomic E-state index is 0.203. The number of ether oxygens (including phenoxy) is 2. The third-order valence-electron chi connectivity index (χ3n) is 4.84. The maximum Gasteiger partial charge on any atom is 0.407 e. The summed E-state index contributed by atoms with van der Waals surface area (Å²) in [6, 6.07) is -0.676. The third kappa shape index (κ3) is 5.82. The second-order valence-corrected chi connectivity index (χ2v) is 7.34. The first-order valence-corrected chi connectivity index (χ1v) is 9.62. The Bertz CT molecular complexity index is 583. The molecule has 2 rings (SSSR count). The lowest BCUT2D eigenvalue weighted by molar-refractivity contribution is -0.155. The van der Waals surface area contributed by atoms with Crippen LogP contribution in [-0.4, -0.2) is 104 Å². The minimum atomic E-state index is -0.676. The standard InChI is InChI=1S/C18H30N4O6/c1-13(2)12-14(19-18(26)27-3)15(23)20-4-6-21(7-5-20)16(24)17(25)22-8-10-28-11-9-22/h13-14H,4-12H2,1-3H3,(H,19,26). The van der Waals surface area contributed by atoms with Gasteiger partial charge in [-0.25, -0.2) is 4.79 Å². The Kier molecular flexibility index (Phi) is 8.04. The van der Waals surface area contributed by atoms with Crippen LogP contribution in [-0.2, 0) is 23.9 Å². The van der Waals surface area contributed by atoms with E-state index in [1.165, 1.54) is 16.9 Å². The first kappa shape index (κ1) is 21.9. The molecule has 2 saturated heterocycles. The fourth-order valence-electron chi connectivity index (χ4n) is 3.28. The molecule has 0 aromatic carbocycles. The SMILES string of the molecule is COC(=O)NC(CC(C)C)C(=O)N1CCN(C(=O)C(=O)N2CCOCC2)CC1. The lowest BCUT2D eigenvalue weighted by Crippen LogP contribution is -2.58. The Balaban J connectivity index is 1.89. The molecule has 2 aliphatic heterocycles. The van der Waals surface area contributed by atoms with E-state index in [4.69, 9.17) is 4.74 Å². The van der Waals surface area contributed by atoms with Crippen LogP contribution in [0, 0.1) is 5.92 Å². The monoisotopic (exact) mass is 398 g/mol. The lowest BCUT2D eigenvalue weighted by atomic mass is 10.0. The van der Waals surface area contributed by atoms with E-state index in [0.29, 0.717) is 45.8 Å². The highest BCUT2D eigenvalue weighted by Crippen LogP contribution is 2.12. The number of morpholine rings is 1. The van der Waals surface area contributed by atoms with Crippen molar-refractivity contribution in [2.75, 3.05) is 59.6 Å². The summed E-state index contributed by atoms with van der Waals surface area (Å²) in [4.78, 5) is 53.7. The molecule has 1 unspecified atom stereocenters. The Hall–Kier alpha value is -2.36. The van der Waals surface area contributed by atoms with Crippen molar-refractivity contribution in [1.82, 2.24) is 20.0 Å². The number of nitrogens with zero attached hydrogens (tertiary/aromatic N) is 3. The Morgan fingerprint density at radius 1 is 0.893 bits per heavy atom. The van der Waals surface area contributed by atoms with E-state index in [1.807, 2.05) is 13.8 Å². The molecule has 0 aliphatic carbocycles. The molecule has 2 fully saturated rings. The minimum Gasteiger partial charge on any atom is -0.453 e. The van der Waals surface area contributed by atoms with Crippen LogP contribution in [0.5, 0.6) is 0 Å². The maximum absolute atomic E-state index is 12.8. The number of amides is 4. The van der Waals surface area contributed by atoms with Crippen LogP contribution in [0.15, 0.2) is 0 Å². The number of hydrogen-bond acceptors (Lipinski definition) is 6. The first-order valence-electron chi connectivity index (χ1n) is 9.62. The predicted molar refractivity (Wildman–Crippen MR) is 99.3 cm³/mol. The highest BCUT2D eigenvalue weighted by molar-refractivity contribution is 6.34. The molecular weight excluding hydrogens is 368 g/mol. The van der Waals surface area contributed by atoms with E-state index in [1.54, 1.807) is 4.90 Å². The lowest BCUT2D eigenvalue weighted by Gasteiger charge is -2.37. The molecule has 0 bridgehead atoms. The highest BCUT2D eigenvalue weighted by atomic mass is 16.5. The van der Waals surface area contributed by atoms with Gasteiger partial charge in [-0.1, -0.05) is 13.8 Å². The molecule has 0 saturated carbocycles. The van der Waals surface area contributed by atoms with Crippen molar-refractivity contribution in [3.05, 3.63) is 0 Å². The van der Waals surface area contributed by atoms with Crippen LogP contribution in [0.1, 0.15) is 20.3 Å². The van der Waals surface area contributed by atoms with Crippen LogP contribution in [0.2, 0.25) is 0 Å². The summed E-state index contributed by atoms with van der Waals surface area (Å²) in [7, 11) is 1.25. The summed E-state index contributed by atoms with van der Waals surface area (Å²) in [6.45, 7) is 6.84. The van der Waals surface area contributed by atoms with Gasteiger partial charge in [-0.15, -0.1) is 0 Å². The zero-order chi connectivity index (χ0) is 20.7. The summed E-state index contributed by atoms with van der Waals surface area (Å²) >= 11 is 0. The summed E-state index contributed by atoms with van der Waals surface area (Å²) in [5.41, 5.74) is 0. The molecule has 158 valence electrons. The predicted octanol–water partition coefficient (Wildman–Crippen LogP) is -0.713. The van der Waals surface area contributed by atoms with Gasteiger partial charge in [-0.2, -0.15) is 0 Å². The molecule has 1 N–H and O–H groups in total. The molecular formula is C18H30N4O6. The van der Waals surface area contributed by atoms with Crippen LogP contribution in [0.25, 0.3) is 0 Å². The van der Waals surface area contributed by atoms with Crippen molar-refractivity contribution in [3.63, 3.8) is 0 Å². The Morgan fingerprint density at radius 3 is 1.89 bits per heavy atom. The number of carbonyl (C=O) groups is 4. The van der Waals surface area contributed by atoms with Gasteiger partial charge in [0.1, 0.15) is 6.04 Å². The number of methoxy groups -OCH3 is 1. The van der Waals surface area contributed by atoms with E-state index in [0.717, 1.165) is 0 Å². The van der Waals surface area contributed by atoms with Crippen molar-refractivity contribution >= 4 is 23.8 Å². The second kappa shape index (κ2) is 10.3. The van der Waals surface area contributed by atoms with E-state index < -0.39 is 23.9 Å². The molecule has 2 aliphatic rings. The molecule has 0 radical (unpaired) electrons. The largest absolute Gasteiger partial charge is 0.453 e. The second-order valence-electron chi connectivity index (χ2n) is 7.34. The Morgan fingerprint density at radius 2 is 1.39 bits per heavy atom. The summed E-state index contributed by atoms with van der Waals surface area (Å²) in [5.74, 6) is -1.06. The first-order chi connectivity index (χ1) is 13.3. The van der Waals surface area contributed by atoms with Gasteiger partial charge in [0.15, 0.2) is 0 Å². The Labute approximate surface area is 165 Å². The molecule has 28 heavy (non-hydrogen) atoms. The maximum atomic E-state index is 12.8. The van der Waals surface area contributed by atoms with Gasteiger partial charge in [-0.3, -0.25) is 14.4 Å². The molecule has 10 heteroatoms. The number of alkyl carbamates (subject to hydrolysis) is 1. The van der Waals surface area contributed by atoms with E-state index in [-0.39, 0.29) is 24.9 Å². The van der Waals surface area contributed by atoms with Gasteiger partial charge < -0.3 is 29.5 Å². The van der Waals surface area contributed by atoms with Crippen molar-refractivity contribution in [3.8, 4) is 0 Å². The fraction of sp³-hybridized carbons (Fsp3) is 0.778. The molecule has 2 heterocycles. The van der Waals surface area contributed by atoms with Crippen molar-refractivity contribution in [1.29, 1.82) is 0 Å². The molecule has 10 nitrogen and oxygen atoms in total. The number of hydrogen-bond donors (Lipinski definition) is 1. The van der Waals surface area contributed by atoms with E-state index in [9.17, 15) is 19.2 Å². The highest BCUT2D eigenvalue weighted by Gasteiger charge is 2.33. The molecule has 1 atom stereocenters. The van der Waals surface area contributed by atoms with Crippen molar-refractivity contribution < 1.29 is 28.7 Å². The number of rotatable bonds is 4. The molecule has 0 spiro atoms. The van der Waals surface area contributed by atoms with Gasteiger partial charge in [-0.05, 0) is 12.3 Å². The molecule has 0 aromatic rings. The van der Waals surface area contributed by atoms with Gasteiger partial charge in [0.2, 0.25) is 5.91 Å². The third-order valence-corrected chi connectivity index (χ3v) is 4.84. The molecule has 0 aromatic heterocycles. The van der Waals surface area contributed by atoms with Crippen LogP contribution < -0.4 is 5.32 Å². The van der Waals surface area contributed by atoms with Gasteiger partial charge in [0, 0.05) is 39.3 Å². The van der Waals surface area contributed by atoms with Crippen LogP contribution in [0.3, 0.4) is 0 Å². The smallest absolute Gasteiger partial charge is 0.407 e. The van der Waals surface area contributed by atoms with E-state index in [2.05, 4.69) is 10.1 Å². The summed E-state index contributed by atoms with van der Waals surface area (Å²) in [5, 5.41) is 2.58. The number of nitrogens with one attached hydrogen (secondary N) is 1. The van der Waals surface area contributed by atoms with Gasteiger partial charge in [0.05, 0.1) is 20.3 Å². The van der Waals surface area contributed by atoms with Gasteiger partial charge in [0.25, 0.3) is 0 Å². The topological polar surface area (TPSA) is 108 Å². The van der Waals surface area contributed by atoms with Crippen LogP contribution >= 0.6 is 0 Å². The number of carbonyl (C=O) groups excluding carboxylic acids is 4. The zero-order valence-corrected chi connectivity index (χ0v) is 16.8. The summed E-state index contributed by atoms with van der Waals surface area (Å²) < 4.78 is 9.81. The quantitative estimate of drug-likeness (QED) is 0.627.